The average Bonchev–Trinajstić information content (AvgIpc) is 2.62. The lowest BCUT2D eigenvalue weighted by Gasteiger charge is -2.47. The van der Waals surface area contributed by atoms with Gasteiger partial charge in [-0.3, -0.25) is 9.88 Å². The molecule has 126 valence electrons. The molecule has 3 fully saturated rings. The van der Waals surface area contributed by atoms with E-state index in [9.17, 15) is 0 Å². The summed E-state index contributed by atoms with van der Waals surface area (Å²) in [5.74, 6) is 0.971. The van der Waals surface area contributed by atoms with Crippen LogP contribution in [0.15, 0.2) is 24.5 Å². The van der Waals surface area contributed by atoms with Crippen molar-refractivity contribution in [2.45, 2.75) is 49.9 Å². The van der Waals surface area contributed by atoms with Gasteiger partial charge >= 0.3 is 0 Å². The molecule has 4 nitrogen and oxygen atoms in total. The van der Waals surface area contributed by atoms with Crippen LogP contribution in [0.3, 0.4) is 0 Å². The molecule has 7 heteroatoms. The number of hydrogen-bond acceptors (Lipinski definition) is 4. The van der Waals surface area contributed by atoms with Gasteiger partial charge in [0.2, 0.25) is 0 Å². The Morgan fingerprint density at radius 1 is 0.955 bits per heavy atom. The second-order valence-corrected chi connectivity index (χ2v) is 6.04. The van der Waals surface area contributed by atoms with Crippen molar-refractivity contribution >= 4 is 37.2 Å². The zero-order valence-electron chi connectivity index (χ0n) is 12.4. The molecule has 0 spiro atoms. The second-order valence-electron chi connectivity index (χ2n) is 6.04. The third-order valence-corrected chi connectivity index (χ3v) is 4.88. The molecule has 0 saturated carbocycles. The third-order valence-electron chi connectivity index (χ3n) is 4.88. The summed E-state index contributed by atoms with van der Waals surface area (Å²) in [5.41, 5.74) is 0. The van der Waals surface area contributed by atoms with Gasteiger partial charge in [-0.2, -0.15) is 0 Å². The first-order chi connectivity index (χ1) is 9.40. The summed E-state index contributed by atoms with van der Waals surface area (Å²) in [5, 5.41) is 3.40. The van der Waals surface area contributed by atoms with Crippen molar-refractivity contribution in [3.8, 4) is 5.75 Å². The molecule has 0 aliphatic carbocycles. The van der Waals surface area contributed by atoms with E-state index < -0.39 is 0 Å². The Kier molecular flexibility index (Phi) is 7.69. The molecule has 0 amide bonds. The van der Waals surface area contributed by atoms with Crippen molar-refractivity contribution in [3.63, 3.8) is 0 Å². The van der Waals surface area contributed by atoms with Crippen molar-refractivity contribution in [3.05, 3.63) is 24.5 Å². The maximum Gasteiger partial charge on any atom is 0.122 e. The van der Waals surface area contributed by atoms with Crippen LogP contribution >= 0.6 is 37.2 Å². The van der Waals surface area contributed by atoms with Gasteiger partial charge in [0.25, 0.3) is 0 Å². The Bertz CT molecular complexity index is 433. The fraction of sp³-hybridized carbons (Fsp3) is 0.667. The SMILES string of the molecule is Cl.Cl.Cl.c1cc(OC2C[C@H]3CC[C@@H](C2)N3C2CNC2)ccn1. The van der Waals surface area contributed by atoms with Crippen LogP contribution in [0.4, 0.5) is 0 Å². The van der Waals surface area contributed by atoms with E-state index in [0.717, 1.165) is 23.9 Å². The minimum Gasteiger partial charge on any atom is -0.490 e. The zero-order valence-corrected chi connectivity index (χ0v) is 14.8. The van der Waals surface area contributed by atoms with Gasteiger partial charge < -0.3 is 10.1 Å². The van der Waals surface area contributed by atoms with Gasteiger partial charge in [-0.05, 0) is 37.8 Å². The Labute approximate surface area is 150 Å². The van der Waals surface area contributed by atoms with E-state index >= 15 is 0 Å². The Hall–Kier alpha value is -0.260. The number of rotatable bonds is 3. The number of piperidine rings is 1. The summed E-state index contributed by atoms with van der Waals surface area (Å²) < 4.78 is 6.13. The maximum absolute atomic E-state index is 6.13. The summed E-state index contributed by atoms with van der Waals surface area (Å²) >= 11 is 0. The standard InChI is InChI=1S/C15H21N3O.3ClH/c1-2-12-8-15(19-14-3-5-16-6-4-14)7-11(1)18(12)13-9-17-10-13;;;/h3-6,11-13,15,17H,1-2,7-10H2;3*1H/t11-,12+,15?;;;. The highest BCUT2D eigenvalue weighted by molar-refractivity contribution is 5.86. The first-order valence-electron chi connectivity index (χ1n) is 7.45. The van der Waals surface area contributed by atoms with Crippen molar-refractivity contribution in [1.29, 1.82) is 0 Å². The van der Waals surface area contributed by atoms with E-state index in [2.05, 4.69) is 15.2 Å². The van der Waals surface area contributed by atoms with Gasteiger partial charge in [0.05, 0.1) is 0 Å². The fourth-order valence-electron chi connectivity index (χ4n) is 3.95. The monoisotopic (exact) mass is 367 g/mol. The van der Waals surface area contributed by atoms with Gasteiger partial charge in [-0.25, -0.2) is 0 Å². The highest BCUT2D eigenvalue weighted by Crippen LogP contribution is 2.39. The predicted molar refractivity (Wildman–Crippen MR) is 94.9 cm³/mol. The van der Waals surface area contributed by atoms with E-state index in [-0.39, 0.29) is 37.2 Å². The minimum atomic E-state index is 0. The van der Waals surface area contributed by atoms with E-state index in [1.54, 1.807) is 12.4 Å². The molecule has 3 saturated heterocycles. The molecule has 3 aliphatic rings. The van der Waals surface area contributed by atoms with Gasteiger partial charge in [0, 0.05) is 43.6 Å². The molecule has 22 heavy (non-hydrogen) atoms. The molecule has 1 aromatic rings. The van der Waals surface area contributed by atoms with E-state index in [1.807, 2.05) is 12.1 Å². The van der Waals surface area contributed by atoms with E-state index in [1.165, 1.54) is 38.8 Å². The number of pyridine rings is 1. The molecule has 0 radical (unpaired) electrons. The summed E-state index contributed by atoms with van der Waals surface area (Å²) in [7, 11) is 0. The fourth-order valence-corrected chi connectivity index (χ4v) is 3.95. The average molecular weight is 369 g/mol. The van der Waals surface area contributed by atoms with Crippen LogP contribution in [-0.4, -0.2) is 47.2 Å². The first kappa shape index (κ1) is 19.8. The smallest absolute Gasteiger partial charge is 0.122 e. The summed E-state index contributed by atoms with van der Waals surface area (Å²) in [6.45, 7) is 2.37. The number of fused-ring (bicyclic) bond motifs is 2. The topological polar surface area (TPSA) is 37.4 Å². The normalized spacial score (nSPS) is 30.3. The van der Waals surface area contributed by atoms with Crippen LogP contribution in [0.5, 0.6) is 5.75 Å². The summed E-state index contributed by atoms with van der Waals surface area (Å²) in [6, 6.07) is 6.21. The molecule has 4 rings (SSSR count). The van der Waals surface area contributed by atoms with Crippen molar-refractivity contribution < 1.29 is 4.74 Å². The molecule has 2 bridgehead atoms. The lowest BCUT2D eigenvalue weighted by molar-refractivity contribution is 0.00607. The lowest BCUT2D eigenvalue weighted by atomic mass is 9.95. The van der Waals surface area contributed by atoms with Crippen molar-refractivity contribution in [2.24, 2.45) is 0 Å². The van der Waals surface area contributed by atoms with Crippen LogP contribution in [-0.2, 0) is 0 Å². The largest absolute Gasteiger partial charge is 0.490 e. The number of nitrogens with one attached hydrogen (secondary N) is 1. The molecule has 3 atom stereocenters. The molecule has 1 N–H and O–H groups in total. The number of aromatic nitrogens is 1. The number of hydrogen-bond donors (Lipinski definition) is 1. The van der Waals surface area contributed by atoms with Crippen LogP contribution in [0, 0.1) is 0 Å². The molecular weight excluding hydrogens is 345 g/mol. The third kappa shape index (κ3) is 3.80. The van der Waals surface area contributed by atoms with Crippen LogP contribution in [0.25, 0.3) is 0 Å². The highest BCUT2D eigenvalue weighted by Gasteiger charge is 2.45. The predicted octanol–water partition coefficient (Wildman–Crippen LogP) is 2.69. The lowest BCUT2D eigenvalue weighted by Crippen LogP contribution is -2.62. The van der Waals surface area contributed by atoms with Gasteiger partial charge in [-0.1, -0.05) is 0 Å². The minimum absolute atomic E-state index is 0. The van der Waals surface area contributed by atoms with E-state index in [4.69, 9.17) is 4.74 Å². The van der Waals surface area contributed by atoms with Crippen molar-refractivity contribution in [1.82, 2.24) is 15.2 Å². The number of ether oxygens (including phenoxy) is 1. The molecular formula is C15H24Cl3N3O. The zero-order chi connectivity index (χ0) is 12.7. The summed E-state index contributed by atoms with van der Waals surface area (Å²) in [4.78, 5) is 6.82. The first-order valence-corrected chi connectivity index (χ1v) is 7.45. The molecule has 1 unspecified atom stereocenters. The Morgan fingerprint density at radius 3 is 2.05 bits per heavy atom. The van der Waals surface area contributed by atoms with Crippen LogP contribution in [0.1, 0.15) is 25.7 Å². The molecule has 0 aromatic carbocycles. The number of halogens is 3. The van der Waals surface area contributed by atoms with E-state index in [0.29, 0.717) is 6.10 Å². The molecule has 1 aromatic heterocycles. The molecule has 3 aliphatic heterocycles. The van der Waals surface area contributed by atoms with Crippen molar-refractivity contribution in [2.75, 3.05) is 13.1 Å². The molecule has 4 heterocycles. The van der Waals surface area contributed by atoms with Gasteiger partial charge in [0.15, 0.2) is 0 Å². The quantitative estimate of drug-likeness (QED) is 0.890. The Morgan fingerprint density at radius 2 is 1.55 bits per heavy atom. The van der Waals surface area contributed by atoms with Crippen LogP contribution < -0.4 is 10.1 Å². The van der Waals surface area contributed by atoms with Crippen LogP contribution in [0.2, 0.25) is 0 Å². The van der Waals surface area contributed by atoms with Gasteiger partial charge in [-0.15, -0.1) is 37.2 Å². The Balaban J connectivity index is 0.000000807. The highest BCUT2D eigenvalue weighted by atomic mass is 35.5. The maximum atomic E-state index is 6.13. The van der Waals surface area contributed by atoms with Gasteiger partial charge in [0.1, 0.15) is 11.9 Å². The summed E-state index contributed by atoms with van der Waals surface area (Å²) in [6.07, 6.45) is 9.10. The number of nitrogens with zero attached hydrogens (tertiary/aromatic N) is 2. The second kappa shape index (κ2) is 8.55.